The van der Waals surface area contributed by atoms with E-state index in [2.05, 4.69) is 36.4 Å². The minimum absolute atomic E-state index is 0.338. The summed E-state index contributed by atoms with van der Waals surface area (Å²) >= 11 is 5.23. The van der Waals surface area contributed by atoms with Gasteiger partial charge in [0.25, 0.3) is 0 Å². The first-order chi connectivity index (χ1) is 9.50. The van der Waals surface area contributed by atoms with Gasteiger partial charge in [-0.2, -0.15) is 9.49 Å². The molecule has 1 aromatic heterocycles. The topological polar surface area (TPSA) is 29.9 Å². The van der Waals surface area contributed by atoms with Crippen LogP contribution in [0, 0.1) is 5.95 Å². The fourth-order valence-corrected chi connectivity index (χ4v) is 2.31. The van der Waals surface area contributed by atoms with Gasteiger partial charge in [0.05, 0.1) is 11.8 Å². The molecule has 0 spiro atoms. The second-order valence-electron chi connectivity index (χ2n) is 5.01. The number of thiocarbonyl (C=S) groups is 1. The molecule has 0 aliphatic heterocycles. The van der Waals surface area contributed by atoms with Crippen molar-refractivity contribution in [2.45, 2.75) is 26.3 Å². The number of nitrogens with one attached hydrogen (secondary N) is 1. The van der Waals surface area contributed by atoms with Crippen molar-refractivity contribution in [1.82, 2.24) is 15.1 Å². The molecule has 0 bridgehead atoms. The van der Waals surface area contributed by atoms with E-state index in [-0.39, 0.29) is 0 Å². The summed E-state index contributed by atoms with van der Waals surface area (Å²) in [5, 5.41) is 6.95. The second-order valence-corrected chi connectivity index (χ2v) is 5.42. The summed E-state index contributed by atoms with van der Waals surface area (Å²) in [5.74, 6) is 0.0244. The first kappa shape index (κ1) is 14.7. The lowest BCUT2D eigenvalue weighted by molar-refractivity contribution is 0.502. The molecule has 3 nitrogen and oxygen atoms in total. The van der Waals surface area contributed by atoms with Gasteiger partial charge in [-0.15, -0.1) is 0 Å². The Balaban J connectivity index is 2.10. The Morgan fingerprint density at radius 2 is 2.10 bits per heavy atom. The van der Waals surface area contributed by atoms with E-state index in [1.165, 1.54) is 22.0 Å². The Kier molecular flexibility index (Phi) is 4.49. The second kappa shape index (κ2) is 6.13. The van der Waals surface area contributed by atoms with Gasteiger partial charge in [0, 0.05) is 13.6 Å². The molecule has 20 heavy (non-hydrogen) atoms. The van der Waals surface area contributed by atoms with Gasteiger partial charge in [0.2, 0.25) is 5.95 Å². The highest BCUT2D eigenvalue weighted by atomic mass is 32.1. The monoisotopic (exact) mass is 291 g/mol. The summed E-state index contributed by atoms with van der Waals surface area (Å²) in [5.41, 5.74) is 2.79. The van der Waals surface area contributed by atoms with Crippen LogP contribution in [0.4, 0.5) is 4.39 Å². The van der Waals surface area contributed by atoms with Crippen molar-refractivity contribution >= 4 is 17.2 Å². The molecule has 0 fully saturated rings. The summed E-state index contributed by atoms with van der Waals surface area (Å²) in [6.45, 7) is 4.89. The zero-order valence-electron chi connectivity index (χ0n) is 11.9. The maximum atomic E-state index is 13.7. The average Bonchev–Trinajstić information content (AvgIpc) is 2.76. The maximum Gasteiger partial charge on any atom is 0.221 e. The molecule has 106 valence electrons. The molecule has 0 saturated heterocycles. The Hall–Kier alpha value is -1.75. The number of aromatic nitrogens is 2. The zero-order valence-corrected chi connectivity index (χ0v) is 12.7. The van der Waals surface area contributed by atoms with Gasteiger partial charge in [-0.25, -0.2) is 4.68 Å². The summed E-state index contributed by atoms with van der Waals surface area (Å²) in [6.07, 6.45) is 1.44. The van der Waals surface area contributed by atoms with Crippen molar-refractivity contribution in [1.29, 1.82) is 0 Å². The van der Waals surface area contributed by atoms with Gasteiger partial charge < -0.3 is 5.32 Å². The normalized spacial score (nSPS) is 10.8. The average molecular weight is 291 g/mol. The third-order valence-electron chi connectivity index (χ3n) is 3.23. The summed E-state index contributed by atoms with van der Waals surface area (Å²) < 4.78 is 14.9. The minimum atomic E-state index is -0.417. The smallest absolute Gasteiger partial charge is 0.221 e. The number of benzene rings is 1. The Morgan fingerprint density at radius 1 is 1.40 bits per heavy atom. The highest BCUT2D eigenvalue weighted by Gasteiger charge is 2.13. The lowest BCUT2D eigenvalue weighted by Crippen LogP contribution is -2.23. The van der Waals surface area contributed by atoms with Gasteiger partial charge in [-0.05, 0) is 17.0 Å². The van der Waals surface area contributed by atoms with Gasteiger partial charge in [-0.1, -0.05) is 50.3 Å². The van der Waals surface area contributed by atoms with E-state index in [0.29, 0.717) is 23.0 Å². The van der Waals surface area contributed by atoms with E-state index in [1.54, 1.807) is 7.05 Å². The molecule has 1 heterocycles. The molecule has 2 rings (SSSR count). The van der Waals surface area contributed by atoms with Gasteiger partial charge >= 0.3 is 0 Å². The minimum Gasteiger partial charge on any atom is -0.372 e. The lowest BCUT2D eigenvalue weighted by Gasteiger charge is -2.14. The third kappa shape index (κ3) is 3.04. The molecule has 0 radical (unpaired) electrons. The van der Waals surface area contributed by atoms with Gasteiger partial charge in [0.15, 0.2) is 0 Å². The highest BCUT2D eigenvalue weighted by molar-refractivity contribution is 7.80. The van der Waals surface area contributed by atoms with E-state index in [1.807, 2.05) is 12.1 Å². The van der Waals surface area contributed by atoms with Crippen LogP contribution in [0.25, 0.3) is 0 Å². The Bertz CT molecular complexity index is 619. The molecule has 5 heteroatoms. The quantitative estimate of drug-likeness (QED) is 0.878. The number of rotatable bonds is 4. The predicted molar refractivity (Wildman–Crippen MR) is 82.2 cm³/mol. The van der Waals surface area contributed by atoms with Gasteiger partial charge in [0.1, 0.15) is 4.99 Å². The van der Waals surface area contributed by atoms with Crippen LogP contribution in [0.1, 0.15) is 36.5 Å². The number of hydrogen-bond donors (Lipinski definition) is 1. The molecular weight excluding hydrogens is 273 g/mol. The fourth-order valence-electron chi connectivity index (χ4n) is 2.10. The standard InChI is InChI=1S/C15H18FN3S/c1-10(2)12-7-5-4-6-11(12)8-17-15(20)13-9-18-19(3)14(13)16/h4-7,9-10H,8H2,1-3H3,(H,17,20). The van der Waals surface area contributed by atoms with Crippen molar-refractivity contribution < 1.29 is 4.39 Å². The largest absolute Gasteiger partial charge is 0.372 e. The SMILES string of the molecule is CC(C)c1ccccc1CNC(=S)c1cnn(C)c1F. The molecule has 0 atom stereocenters. The van der Waals surface area contributed by atoms with Crippen molar-refractivity contribution in [3.05, 3.63) is 53.1 Å². The van der Waals surface area contributed by atoms with Gasteiger partial charge in [-0.3, -0.25) is 0 Å². The van der Waals surface area contributed by atoms with E-state index < -0.39 is 5.95 Å². The molecule has 0 unspecified atom stereocenters. The number of hydrogen-bond acceptors (Lipinski definition) is 2. The maximum absolute atomic E-state index is 13.7. The van der Waals surface area contributed by atoms with E-state index in [4.69, 9.17) is 12.2 Å². The summed E-state index contributed by atoms with van der Waals surface area (Å²) in [7, 11) is 1.55. The number of halogens is 1. The predicted octanol–water partition coefficient (Wildman–Crippen LogP) is 3.15. The van der Waals surface area contributed by atoms with E-state index >= 15 is 0 Å². The van der Waals surface area contributed by atoms with Crippen LogP contribution < -0.4 is 5.32 Å². The molecular formula is C15H18FN3S. The van der Waals surface area contributed by atoms with Crippen molar-refractivity contribution in [3.63, 3.8) is 0 Å². The van der Waals surface area contributed by atoms with Crippen LogP contribution in [-0.2, 0) is 13.6 Å². The van der Waals surface area contributed by atoms with Crippen molar-refractivity contribution in [2.75, 3.05) is 0 Å². The molecule has 0 aliphatic carbocycles. The Labute approximate surface area is 123 Å². The van der Waals surface area contributed by atoms with Crippen molar-refractivity contribution in [2.24, 2.45) is 7.05 Å². The lowest BCUT2D eigenvalue weighted by atomic mass is 9.97. The zero-order chi connectivity index (χ0) is 14.7. The van der Waals surface area contributed by atoms with E-state index in [0.717, 1.165) is 0 Å². The highest BCUT2D eigenvalue weighted by Crippen LogP contribution is 2.19. The molecule has 0 amide bonds. The van der Waals surface area contributed by atoms with Crippen LogP contribution in [0.5, 0.6) is 0 Å². The van der Waals surface area contributed by atoms with Crippen LogP contribution >= 0.6 is 12.2 Å². The molecule has 1 N–H and O–H groups in total. The van der Waals surface area contributed by atoms with Crippen molar-refractivity contribution in [3.8, 4) is 0 Å². The first-order valence-corrected chi connectivity index (χ1v) is 6.95. The van der Waals surface area contributed by atoms with Crippen LogP contribution in [0.2, 0.25) is 0 Å². The summed E-state index contributed by atoms with van der Waals surface area (Å²) in [6, 6.07) is 8.19. The molecule has 2 aromatic rings. The van der Waals surface area contributed by atoms with Crippen LogP contribution in [-0.4, -0.2) is 14.8 Å². The fraction of sp³-hybridized carbons (Fsp3) is 0.333. The summed E-state index contributed by atoms with van der Waals surface area (Å²) in [4.78, 5) is 0.383. The first-order valence-electron chi connectivity index (χ1n) is 6.54. The third-order valence-corrected chi connectivity index (χ3v) is 3.59. The molecule has 1 aromatic carbocycles. The Morgan fingerprint density at radius 3 is 2.70 bits per heavy atom. The van der Waals surface area contributed by atoms with Crippen LogP contribution in [0.15, 0.2) is 30.5 Å². The van der Waals surface area contributed by atoms with Crippen LogP contribution in [0.3, 0.4) is 0 Å². The number of aryl methyl sites for hydroxylation is 1. The van der Waals surface area contributed by atoms with E-state index in [9.17, 15) is 4.39 Å². The number of nitrogens with zero attached hydrogens (tertiary/aromatic N) is 2. The molecule has 0 aliphatic rings. The molecule has 0 saturated carbocycles.